The molecule has 0 aliphatic rings. The number of benzene rings is 2. The van der Waals surface area contributed by atoms with Crippen LogP contribution in [0.15, 0.2) is 64.7 Å². The Morgan fingerprint density at radius 2 is 1.88 bits per heavy atom. The lowest BCUT2D eigenvalue weighted by Gasteiger charge is -2.07. The van der Waals surface area contributed by atoms with Crippen molar-refractivity contribution in [2.45, 2.75) is 11.8 Å². The summed E-state index contributed by atoms with van der Waals surface area (Å²) in [6, 6.07) is 15.7. The summed E-state index contributed by atoms with van der Waals surface area (Å²) in [4.78, 5) is 4.94. The maximum Gasteiger partial charge on any atom is 0.221 e. The number of nitrogens with zero attached hydrogens (tertiary/aromatic N) is 3. The van der Waals surface area contributed by atoms with Crippen molar-refractivity contribution in [2.24, 2.45) is 5.10 Å². The highest BCUT2D eigenvalue weighted by Gasteiger charge is 2.07. The van der Waals surface area contributed by atoms with Crippen LogP contribution in [0.3, 0.4) is 0 Å². The number of rotatable bonds is 4. The van der Waals surface area contributed by atoms with Crippen molar-refractivity contribution in [1.82, 2.24) is 9.66 Å². The van der Waals surface area contributed by atoms with Gasteiger partial charge < -0.3 is 5.73 Å². The molecule has 122 valence electrons. The van der Waals surface area contributed by atoms with E-state index in [1.807, 2.05) is 55.5 Å². The maximum atomic E-state index is 11.9. The van der Waals surface area contributed by atoms with Crippen LogP contribution in [0.4, 0.5) is 5.95 Å². The van der Waals surface area contributed by atoms with E-state index in [1.165, 1.54) is 0 Å². The van der Waals surface area contributed by atoms with E-state index in [1.54, 1.807) is 23.3 Å². The quantitative estimate of drug-likeness (QED) is 0.743. The highest BCUT2D eigenvalue weighted by molar-refractivity contribution is 7.84. The van der Waals surface area contributed by atoms with Gasteiger partial charge >= 0.3 is 0 Å². The van der Waals surface area contributed by atoms with Crippen LogP contribution >= 0.6 is 0 Å². The molecule has 0 spiro atoms. The van der Waals surface area contributed by atoms with Gasteiger partial charge in [0.25, 0.3) is 0 Å². The topological polar surface area (TPSA) is 73.3 Å². The number of aromatic nitrogens is 2. The van der Waals surface area contributed by atoms with E-state index in [9.17, 15) is 4.21 Å². The van der Waals surface area contributed by atoms with E-state index in [-0.39, 0.29) is 0 Å². The molecule has 0 bridgehead atoms. The highest BCUT2D eigenvalue weighted by Crippen LogP contribution is 2.25. The van der Waals surface area contributed by atoms with Crippen LogP contribution in [0.2, 0.25) is 0 Å². The molecule has 1 unspecified atom stereocenters. The lowest BCUT2D eigenvalue weighted by Crippen LogP contribution is -1.97. The van der Waals surface area contributed by atoms with Gasteiger partial charge in [0.2, 0.25) is 5.95 Å². The molecule has 3 aromatic rings. The summed E-state index contributed by atoms with van der Waals surface area (Å²) in [6.07, 6.45) is 5.19. The fourth-order valence-corrected chi connectivity index (χ4v) is 3.20. The Balaban J connectivity index is 1.86. The van der Waals surface area contributed by atoms with Crippen LogP contribution in [0.5, 0.6) is 0 Å². The SMILES string of the molecule is Cc1cn(N=Cc2ccc(-c3ccccc3S(C)=O)cc2)c(N)n1. The number of hydrogen-bond acceptors (Lipinski definition) is 4. The second-order valence-electron chi connectivity index (χ2n) is 5.40. The zero-order valence-electron chi connectivity index (χ0n) is 13.5. The van der Waals surface area contributed by atoms with Crippen LogP contribution in [0, 0.1) is 6.92 Å². The number of nitrogens with two attached hydrogens (primary N) is 1. The zero-order valence-corrected chi connectivity index (χ0v) is 14.3. The molecule has 0 radical (unpaired) electrons. The van der Waals surface area contributed by atoms with Gasteiger partial charge in [-0.2, -0.15) is 5.10 Å². The third kappa shape index (κ3) is 3.44. The number of hydrogen-bond donors (Lipinski definition) is 1. The molecule has 1 heterocycles. The van der Waals surface area contributed by atoms with Gasteiger partial charge in [-0.1, -0.05) is 42.5 Å². The van der Waals surface area contributed by atoms with Gasteiger partial charge in [0.15, 0.2) is 0 Å². The van der Waals surface area contributed by atoms with E-state index in [2.05, 4.69) is 10.1 Å². The number of nitrogen functional groups attached to an aromatic ring is 1. The maximum absolute atomic E-state index is 11.9. The summed E-state index contributed by atoms with van der Waals surface area (Å²) >= 11 is 0. The van der Waals surface area contributed by atoms with Crippen LogP contribution in [-0.4, -0.2) is 26.3 Å². The van der Waals surface area contributed by atoms with Gasteiger partial charge in [-0.3, -0.25) is 4.21 Å². The molecule has 0 fully saturated rings. The molecule has 1 atom stereocenters. The first-order chi connectivity index (χ1) is 11.5. The molecule has 0 aliphatic carbocycles. The average Bonchev–Trinajstić information content (AvgIpc) is 2.91. The van der Waals surface area contributed by atoms with E-state index >= 15 is 0 Å². The summed E-state index contributed by atoms with van der Waals surface area (Å²) in [5, 5.41) is 4.30. The van der Waals surface area contributed by atoms with Gasteiger partial charge in [-0.05, 0) is 29.7 Å². The molecule has 6 heteroatoms. The van der Waals surface area contributed by atoms with Crippen molar-refractivity contribution < 1.29 is 4.21 Å². The minimum absolute atomic E-state index is 0.361. The van der Waals surface area contributed by atoms with Gasteiger partial charge in [0, 0.05) is 11.2 Å². The van der Waals surface area contributed by atoms with E-state index in [0.717, 1.165) is 27.3 Å². The Bertz CT molecular complexity index is 913. The van der Waals surface area contributed by atoms with Crippen molar-refractivity contribution in [2.75, 3.05) is 12.0 Å². The van der Waals surface area contributed by atoms with Crippen molar-refractivity contribution in [1.29, 1.82) is 0 Å². The van der Waals surface area contributed by atoms with Gasteiger partial charge in [0.1, 0.15) is 0 Å². The normalized spacial score (nSPS) is 12.6. The van der Waals surface area contributed by atoms with Crippen molar-refractivity contribution in [3.63, 3.8) is 0 Å². The highest BCUT2D eigenvalue weighted by atomic mass is 32.2. The average molecular weight is 338 g/mol. The Kier molecular flexibility index (Phi) is 4.57. The van der Waals surface area contributed by atoms with E-state index in [0.29, 0.717) is 5.95 Å². The summed E-state index contributed by atoms with van der Waals surface area (Å²) in [7, 11) is -1.03. The molecule has 2 aromatic carbocycles. The molecule has 0 aliphatic heterocycles. The van der Waals surface area contributed by atoms with Gasteiger partial charge in [-0.15, -0.1) is 0 Å². The lowest BCUT2D eigenvalue weighted by molar-refractivity contribution is 0.687. The molecule has 0 amide bonds. The van der Waals surface area contributed by atoms with Crippen LogP contribution < -0.4 is 5.73 Å². The second-order valence-corrected chi connectivity index (χ2v) is 6.75. The predicted octanol–water partition coefficient (Wildman–Crippen LogP) is 3.06. The number of aryl methyl sites for hydroxylation is 1. The largest absolute Gasteiger partial charge is 0.368 e. The molecule has 0 saturated carbocycles. The van der Waals surface area contributed by atoms with E-state index in [4.69, 9.17) is 5.73 Å². The molecular weight excluding hydrogens is 320 g/mol. The molecule has 3 rings (SSSR count). The van der Waals surface area contributed by atoms with Crippen LogP contribution in [0.1, 0.15) is 11.3 Å². The van der Waals surface area contributed by atoms with Crippen molar-refractivity contribution in [3.05, 3.63) is 66.0 Å². The molecule has 24 heavy (non-hydrogen) atoms. The summed E-state index contributed by atoms with van der Waals surface area (Å²) in [5.74, 6) is 0.361. The van der Waals surface area contributed by atoms with Crippen molar-refractivity contribution in [3.8, 4) is 11.1 Å². The second kappa shape index (κ2) is 6.80. The summed E-state index contributed by atoms with van der Waals surface area (Å²) in [5.41, 5.74) is 9.53. The van der Waals surface area contributed by atoms with Crippen molar-refractivity contribution >= 4 is 23.0 Å². The minimum Gasteiger partial charge on any atom is -0.368 e. The molecule has 2 N–H and O–H groups in total. The summed E-state index contributed by atoms with van der Waals surface area (Å²) in [6.45, 7) is 1.87. The predicted molar refractivity (Wildman–Crippen MR) is 98.6 cm³/mol. The Hall–Kier alpha value is -2.73. The molecule has 1 aromatic heterocycles. The fourth-order valence-electron chi connectivity index (χ4n) is 2.43. The minimum atomic E-state index is -1.03. The smallest absolute Gasteiger partial charge is 0.221 e. The number of anilines is 1. The third-order valence-corrected chi connectivity index (χ3v) is 4.56. The van der Waals surface area contributed by atoms with Gasteiger partial charge in [0.05, 0.1) is 28.9 Å². The lowest BCUT2D eigenvalue weighted by atomic mass is 10.0. The Morgan fingerprint density at radius 3 is 2.50 bits per heavy atom. The van der Waals surface area contributed by atoms with E-state index < -0.39 is 10.8 Å². The first kappa shape index (κ1) is 16.1. The number of imidazole rings is 1. The zero-order chi connectivity index (χ0) is 17.1. The first-order valence-electron chi connectivity index (χ1n) is 7.43. The first-order valence-corrected chi connectivity index (χ1v) is 8.99. The van der Waals surface area contributed by atoms with Gasteiger partial charge in [-0.25, -0.2) is 9.66 Å². The monoisotopic (exact) mass is 338 g/mol. The Labute approximate surface area is 143 Å². The molecule has 0 saturated heterocycles. The third-order valence-electron chi connectivity index (χ3n) is 3.58. The Morgan fingerprint density at radius 1 is 1.17 bits per heavy atom. The summed E-state index contributed by atoms with van der Waals surface area (Å²) < 4.78 is 13.4. The fraction of sp³-hybridized carbons (Fsp3) is 0.111. The van der Waals surface area contributed by atoms with Crippen LogP contribution in [-0.2, 0) is 10.8 Å². The van der Waals surface area contributed by atoms with Crippen LogP contribution in [0.25, 0.3) is 11.1 Å². The standard InChI is InChI=1S/C18H18N4OS/c1-13-12-22(18(19)21-13)20-11-14-7-9-15(10-8-14)16-5-3-4-6-17(16)24(2)23/h3-12H,1-2H3,(H2,19,21). The molecular formula is C18H18N4OS. The molecule has 5 nitrogen and oxygen atoms in total.